The number of methoxy groups -OCH3 is 1. The number of ether oxygens (including phenoxy) is 1. The summed E-state index contributed by atoms with van der Waals surface area (Å²) in [6.45, 7) is 0. The van der Waals surface area contributed by atoms with E-state index in [9.17, 15) is 14.4 Å². The van der Waals surface area contributed by atoms with Gasteiger partial charge >= 0.3 is 6.03 Å². The molecule has 0 fully saturated rings. The number of nitrogens with one attached hydrogen (secondary N) is 3. The van der Waals surface area contributed by atoms with Gasteiger partial charge in [-0.05, 0) is 42.5 Å². The van der Waals surface area contributed by atoms with Crippen LogP contribution in [-0.4, -0.2) is 29.3 Å². The Kier molecular flexibility index (Phi) is 6.15. The Morgan fingerprint density at radius 2 is 1.90 bits per heavy atom. The standard InChI is InChI=1S/C18H15ClFN5O4/c1-28-12-5-2-10(3-6-12)22-18(26)23-15-9-29-25-16(15)17(24-27)21-11-4-7-14(20)13(19)8-11/h2-9,27H,1H3,(H,21,24)(H2,22,23,26). The van der Waals surface area contributed by atoms with Gasteiger partial charge in [-0.3, -0.25) is 0 Å². The lowest BCUT2D eigenvalue weighted by atomic mass is 10.2. The van der Waals surface area contributed by atoms with Crippen LogP contribution in [0.3, 0.4) is 0 Å². The summed E-state index contributed by atoms with van der Waals surface area (Å²) in [6.07, 6.45) is 1.16. The Labute approximate surface area is 169 Å². The molecule has 4 N–H and O–H groups in total. The quantitative estimate of drug-likeness (QED) is 0.211. The summed E-state index contributed by atoms with van der Waals surface area (Å²) < 4.78 is 23.2. The number of carbonyl (C=O) groups is 1. The zero-order valence-corrected chi connectivity index (χ0v) is 15.7. The van der Waals surface area contributed by atoms with E-state index in [1.165, 1.54) is 19.2 Å². The van der Waals surface area contributed by atoms with E-state index in [0.29, 0.717) is 17.1 Å². The number of benzene rings is 2. The molecule has 1 heterocycles. The minimum Gasteiger partial charge on any atom is -0.497 e. The molecule has 0 aliphatic heterocycles. The zero-order chi connectivity index (χ0) is 20.8. The maximum absolute atomic E-state index is 13.3. The number of urea groups is 1. The van der Waals surface area contributed by atoms with Gasteiger partial charge < -0.3 is 30.4 Å². The molecule has 9 nitrogen and oxygen atoms in total. The zero-order valence-electron chi connectivity index (χ0n) is 14.9. The van der Waals surface area contributed by atoms with Crippen molar-refractivity contribution >= 4 is 40.5 Å². The second-order valence-electron chi connectivity index (χ2n) is 5.59. The van der Waals surface area contributed by atoms with Gasteiger partial charge in [-0.2, -0.15) is 0 Å². The molecule has 3 rings (SSSR count). The topological polar surface area (TPSA) is 121 Å². The van der Waals surface area contributed by atoms with Gasteiger partial charge in [0.2, 0.25) is 5.84 Å². The smallest absolute Gasteiger partial charge is 0.323 e. The van der Waals surface area contributed by atoms with Crippen LogP contribution in [0.2, 0.25) is 5.02 Å². The van der Waals surface area contributed by atoms with E-state index in [-0.39, 0.29) is 22.2 Å². The van der Waals surface area contributed by atoms with Gasteiger partial charge in [0.1, 0.15) is 23.5 Å². The van der Waals surface area contributed by atoms with Crippen molar-refractivity contribution in [2.24, 2.45) is 5.16 Å². The van der Waals surface area contributed by atoms with Crippen molar-refractivity contribution < 1.29 is 23.7 Å². The maximum Gasteiger partial charge on any atom is 0.323 e. The minimum atomic E-state index is -0.598. The summed E-state index contributed by atoms with van der Waals surface area (Å²) in [4.78, 5) is 12.2. The van der Waals surface area contributed by atoms with Crippen LogP contribution >= 0.6 is 11.6 Å². The Morgan fingerprint density at radius 1 is 1.17 bits per heavy atom. The second kappa shape index (κ2) is 8.93. The van der Waals surface area contributed by atoms with Gasteiger partial charge in [-0.25, -0.2) is 9.18 Å². The molecule has 0 bridgehead atoms. The third-order valence-corrected chi connectivity index (χ3v) is 3.96. The molecule has 0 aliphatic rings. The molecular weight excluding hydrogens is 405 g/mol. The Morgan fingerprint density at radius 3 is 2.55 bits per heavy atom. The van der Waals surface area contributed by atoms with Crippen LogP contribution in [0, 0.1) is 5.82 Å². The number of amides is 2. The van der Waals surface area contributed by atoms with E-state index in [1.807, 2.05) is 0 Å². The van der Waals surface area contributed by atoms with E-state index in [0.717, 1.165) is 12.3 Å². The second-order valence-corrected chi connectivity index (χ2v) is 5.99. The number of carbonyl (C=O) groups excluding carboxylic acids is 1. The molecule has 0 spiro atoms. The number of oxime groups is 1. The number of aromatic nitrogens is 1. The van der Waals surface area contributed by atoms with Gasteiger partial charge in [-0.1, -0.05) is 21.9 Å². The first-order chi connectivity index (χ1) is 14.0. The molecule has 11 heteroatoms. The van der Waals surface area contributed by atoms with Crippen LogP contribution in [-0.2, 0) is 0 Å². The van der Waals surface area contributed by atoms with Crippen molar-refractivity contribution in [3.05, 3.63) is 65.3 Å². The molecule has 1 aromatic heterocycles. The fourth-order valence-electron chi connectivity index (χ4n) is 2.30. The third kappa shape index (κ3) is 4.93. The number of hydrogen-bond acceptors (Lipinski definition) is 6. The van der Waals surface area contributed by atoms with Crippen LogP contribution in [0.4, 0.5) is 26.2 Å². The van der Waals surface area contributed by atoms with Crippen molar-refractivity contribution in [3.63, 3.8) is 0 Å². The molecule has 2 amide bonds. The highest BCUT2D eigenvalue weighted by Crippen LogP contribution is 2.22. The molecule has 0 aliphatic carbocycles. The largest absolute Gasteiger partial charge is 0.497 e. The summed E-state index contributed by atoms with van der Waals surface area (Å²) in [5, 5.41) is 23.9. The first kappa shape index (κ1) is 20.0. The average Bonchev–Trinajstić information content (AvgIpc) is 3.17. The first-order valence-electron chi connectivity index (χ1n) is 8.11. The summed E-state index contributed by atoms with van der Waals surface area (Å²) in [5.41, 5.74) is 1.000. The maximum atomic E-state index is 13.3. The van der Waals surface area contributed by atoms with E-state index < -0.39 is 11.8 Å². The Balaban J connectivity index is 1.71. The van der Waals surface area contributed by atoms with Crippen molar-refractivity contribution in [2.45, 2.75) is 0 Å². The monoisotopic (exact) mass is 419 g/mol. The van der Waals surface area contributed by atoms with Crippen LogP contribution in [0.1, 0.15) is 5.69 Å². The van der Waals surface area contributed by atoms with Crippen molar-refractivity contribution in [1.82, 2.24) is 5.16 Å². The first-order valence-corrected chi connectivity index (χ1v) is 8.49. The van der Waals surface area contributed by atoms with Crippen molar-refractivity contribution in [2.75, 3.05) is 23.1 Å². The van der Waals surface area contributed by atoms with E-state index in [4.69, 9.17) is 20.9 Å². The van der Waals surface area contributed by atoms with Gasteiger partial charge in [0.25, 0.3) is 0 Å². The number of anilines is 3. The van der Waals surface area contributed by atoms with Crippen LogP contribution in [0.5, 0.6) is 5.75 Å². The van der Waals surface area contributed by atoms with Gasteiger partial charge in [0, 0.05) is 11.4 Å². The molecule has 0 unspecified atom stereocenters. The molecule has 0 saturated heterocycles. The van der Waals surface area contributed by atoms with Crippen molar-refractivity contribution in [3.8, 4) is 5.75 Å². The predicted octanol–water partition coefficient (Wildman–Crippen LogP) is 4.37. The van der Waals surface area contributed by atoms with E-state index in [1.54, 1.807) is 24.3 Å². The average molecular weight is 420 g/mol. The van der Waals surface area contributed by atoms with Crippen LogP contribution in [0.25, 0.3) is 0 Å². The van der Waals surface area contributed by atoms with Crippen LogP contribution < -0.4 is 20.7 Å². The molecule has 0 saturated carbocycles. The Hall–Kier alpha value is -3.79. The number of amidine groups is 1. The number of nitrogens with zero attached hydrogens (tertiary/aromatic N) is 2. The molecule has 0 radical (unpaired) electrons. The van der Waals surface area contributed by atoms with Gasteiger partial charge in [0.05, 0.1) is 12.1 Å². The predicted molar refractivity (Wildman–Crippen MR) is 105 cm³/mol. The number of halogens is 2. The molecule has 3 aromatic rings. The highest BCUT2D eigenvalue weighted by Gasteiger charge is 2.18. The lowest BCUT2D eigenvalue weighted by Gasteiger charge is -2.10. The lowest BCUT2D eigenvalue weighted by molar-refractivity contribution is 0.262. The molecule has 2 aromatic carbocycles. The third-order valence-electron chi connectivity index (χ3n) is 3.67. The summed E-state index contributed by atoms with van der Waals surface area (Å²) in [5.74, 6) is -0.104. The number of rotatable bonds is 5. The van der Waals surface area contributed by atoms with Crippen molar-refractivity contribution in [1.29, 1.82) is 0 Å². The summed E-state index contributed by atoms with van der Waals surface area (Å²) >= 11 is 5.74. The highest BCUT2D eigenvalue weighted by molar-refractivity contribution is 6.31. The van der Waals surface area contributed by atoms with Gasteiger partial charge in [0.15, 0.2) is 5.69 Å². The molecular formula is C18H15ClFN5O4. The summed E-state index contributed by atoms with van der Waals surface area (Å²) in [6, 6.07) is 9.94. The highest BCUT2D eigenvalue weighted by atomic mass is 35.5. The van der Waals surface area contributed by atoms with E-state index >= 15 is 0 Å². The lowest BCUT2D eigenvalue weighted by Crippen LogP contribution is -2.22. The molecule has 29 heavy (non-hydrogen) atoms. The molecule has 150 valence electrons. The Bertz CT molecular complexity index is 1040. The summed E-state index contributed by atoms with van der Waals surface area (Å²) in [7, 11) is 1.54. The number of hydrogen-bond donors (Lipinski definition) is 4. The normalized spacial score (nSPS) is 11.1. The fraction of sp³-hybridized carbons (Fsp3) is 0.0556. The fourth-order valence-corrected chi connectivity index (χ4v) is 2.48. The molecule has 0 atom stereocenters. The van der Waals surface area contributed by atoms with Crippen LogP contribution in [0.15, 0.2) is 58.4 Å². The minimum absolute atomic E-state index is 0.0119. The van der Waals surface area contributed by atoms with Gasteiger partial charge in [-0.15, -0.1) is 0 Å². The SMILES string of the molecule is COc1ccc(NC(=O)Nc2conc2/C(=N/O)Nc2ccc(F)c(Cl)c2)cc1. The van der Waals surface area contributed by atoms with E-state index in [2.05, 4.69) is 26.3 Å².